The van der Waals surface area contributed by atoms with Crippen LogP contribution >= 0.6 is 22.9 Å². The van der Waals surface area contributed by atoms with Crippen molar-refractivity contribution in [2.45, 2.75) is 39.1 Å². The zero-order valence-corrected chi connectivity index (χ0v) is 14.3. The third kappa shape index (κ3) is 2.38. The number of halogens is 1. The van der Waals surface area contributed by atoms with Crippen LogP contribution in [0.3, 0.4) is 0 Å². The van der Waals surface area contributed by atoms with E-state index >= 15 is 0 Å². The average molecular weight is 323 g/mol. The maximum atomic E-state index is 6.35. The first kappa shape index (κ1) is 14.6. The van der Waals surface area contributed by atoms with E-state index in [0.29, 0.717) is 0 Å². The molecule has 3 rings (SSSR count). The van der Waals surface area contributed by atoms with E-state index in [-0.39, 0.29) is 5.38 Å². The first-order valence-corrected chi connectivity index (χ1v) is 8.43. The molecule has 1 atom stereocenters. The van der Waals surface area contributed by atoms with Crippen molar-refractivity contribution >= 4 is 34.1 Å². The molecule has 0 saturated carbocycles. The van der Waals surface area contributed by atoms with Crippen molar-refractivity contribution in [2.24, 2.45) is 7.05 Å². The summed E-state index contributed by atoms with van der Waals surface area (Å²) in [4.78, 5) is 6.09. The van der Waals surface area contributed by atoms with Gasteiger partial charge in [-0.2, -0.15) is 5.10 Å². The molecule has 0 amide bonds. The maximum absolute atomic E-state index is 6.35. The summed E-state index contributed by atoms with van der Waals surface area (Å²) in [5.74, 6) is 0.915. The Balaban J connectivity index is 2.17. The molecule has 1 unspecified atom stereocenters. The van der Waals surface area contributed by atoms with E-state index in [1.807, 2.05) is 25.6 Å². The van der Waals surface area contributed by atoms with Gasteiger partial charge in [-0.1, -0.05) is 6.92 Å². The number of nitrogens with zero attached hydrogens (tertiary/aromatic N) is 4. The van der Waals surface area contributed by atoms with Crippen LogP contribution in [0.4, 0.5) is 0 Å². The maximum Gasteiger partial charge on any atom is 0.159 e. The normalized spacial score (nSPS) is 13.2. The molecule has 0 fully saturated rings. The number of hydrogen-bond donors (Lipinski definition) is 0. The Morgan fingerprint density at radius 1 is 1.43 bits per heavy atom. The largest absolute Gasteiger partial charge is 0.306 e. The number of rotatable bonds is 4. The standard InChI is InChI=1S/C15H19ClN4S/c1-5-11-6-7-21-12(11)8-20-14(9(2)16)17-13-10(3)18-19(4)15(13)20/h6-7,9H,5,8H2,1-4H3. The lowest BCUT2D eigenvalue weighted by Crippen LogP contribution is -2.09. The van der Waals surface area contributed by atoms with Crippen LogP contribution in [0.15, 0.2) is 11.4 Å². The molecule has 0 saturated heterocycles. The van der Waals surface area contributed by atoms with Crippen molar-refractivity contribution < 1.29 is 0 Å². The van der Waals surface area contributed by atoms with Crippen molar-refractivity contribution in [3.05, 3.63) is 33.4 Å². The summed E-state index contributed by atoms with van der Waals surface area (Å²) >= 11 is 8.14. The fourth-order valence-electron chi connectivity index (χ4n) is 2.78. The van der Waals surface area contributed by atoms with E-state index in [0.717, 1.165) is 35.6 Å². The molecule has 0 radical (unpaired) electrons. The van der Waals surface area contributed by atoms with Gasteiger partial charge in [-0.3, -0.25) is 4.68 Å². The molecule has 3 aromatic heterocycles. The van der Waals surface area contributed by atoms with E-state index < -0.39 is 0 Å². The molecule has 0 spiro atoms. The summed E-state index contributed by atoms with van der Waals surface area (Å²) in [6.07, 6.45) is 1.05. The minimum absolute atomic E-state index is 0.123. The Kier molecular flexibility index (Phi) is 3.80. The van der Waals surface area contributed by atoms with Gasteiger partial charge in [-0.25, -0.2) is 4.98 Å². The lowest BCUT2D eigenvalue weighted by Gasteiger charge is -2.11. The second-order valence-corrected chi connectivity index (χ2v) is 6.93. The van der Waals surface area contributed by atoms with Crippen LogP contribution in [0, 0.1) is 6.92 Å². The predicted octanol–water partition coefficient (Wildman–Crippen LogP) is 4.05. The average Bonchev–Trinajstić information content (AvgIpc) is 3.08. The minimum atomic E-state index is -0.123. The highest BCUT2D eigenvalue weighted by molar-refractivity contribution is 7.10. The Bertz CT molecular complexity index is 781. The summed E-state index contributed by atoms with van der Waals surface area (Å²) in [5, 5.41) is 6.51. The highest BCUT2D eigenvalue weighted by atomic mass is 35.5. The third-order valence-corrected chi connectivity index (χ3v) is 4.94. The van der Waals surface area contributed by atoms with Gasteiger partial charge < -0.3 is 4.57 Å². The van der Waals surface area contributed by atoms with Gasteiger partial charge in [0.2, 0.25) is 0 Å². The monoisotopic (exact) mass is 322 g/mol. The molecule has 0 N–H and O–H groups in total. The SMILES string of the molecule is CCc1ccsc1Cn1c(C(C)Cl)nc2c(C)nn(C)c21. The predicted molar refractivity (Wildman–Crippen MR) is 88.3 cm³/mol. The summed E-state index contributed by atoms with van der Waals surface area (Å²) in [7, 11) is 1.96. The molecule has 0 aliphatic carbocycles. The fourth-order valence-corrected chi connectivity index (χ4v) is 3.91. The van der Waals surface area contributed by atoms with Gasteiger partial charge in [0.1, 0.15) is 11.3 Å². The minimum Gasteiger partial charge on any atom is -0.306 e. The molecule has 0 aliphatic heterocycles. The van der Waals surface area contributed by atoms with Crippen molar-refractivity contribution in [2.75, 3.05) is 0 Å². The van der Waals surface area contributed by atoms with E-state index in [1.165, 1.54) is 10.4 Å². The summed E-state index contributed by atoms with van der Waals surface area (Å²) in [5.41, 5.74) is 4.35. The van der Waals surface area contributed by atoms with Gasteiger partial charge in [0.05, 0.1) is 17.6 Å². The molecule has 0 aliphatic rings. The second kappa shape index (κ2) is 5.46. The van der Waals surface area contributed by atoms with Crippen LogP contribution < -0.4 is 0 Å². The summed E-state index contributed by atoms with van der Waals surface area (Å²) in [6.45, 7) is 6.96. The number of aryl methyl sites for hydroxylation is 3. The first-order valence-electron chi connectivity index (χ1n) is 7.12. The Hall–Kier alpha value is -1.33. The molecule has 3 heterocycles. The first-order chi connectivity index (χ1) is 10.0. The molecule has 4 nitrogen and oxygen atoms in total. The molecule has 0 aromatic carbocycles. The fraction of sp³-hybridized carbons (Fsp3) is 0.467. The van der Waals surface area contributed by atoms with Crippen LogP contribution in [0.5, 0.6) is 0 Å². The van der Waals surface area contributed by atoms with Gasteiger partial charge in [-0.05, 0) is 37.3 Å². The highest BCUT2D eigenvalue weighted by Crippen LogP contribution is 2.28. The van der Waals surface area contributed by atoms with E-state index in [9.17, 15) is 0 Å². The summed E-state index contributed by atoms with van der Waals surface area (Å²) < 4.78 is 4.11. The van der Waals surface area contributed by atoms with Crippen LogP contribution in [0.1, 0.15) is 41.2 Å². The van der Waals surface area contributed by atoms with Crippen LogP contribution in [0.2, 0.25) is 0 Å². The van der Waals surface area contributed by atoms with E-state index in [2.05, 4.69) is 28.0 Å². The number of fused-ring (bicyclic) bond motifs is 1. The third-order valence-electron chi connectivity index (χ3n) is 3.80. The second-order valence-electron chi connectivity index (χ2n) is 5.28. The molecule has 112 valence electrons. The van der Waals surface area contributed by atoms with Crippen molar-refractivity contribution in [3.63, 3.8) is 0 Å². The number of aromatic nitrogens is 4. The molecule has 0 bridgehead atoms. The number of hydrogen-bond acceptors (Lipinski definition) is 3. The van der Waals surface area contributed by atoms with Crippen LogP contribution in [0.25, 0.3) is 11.2 Å². The highest BCUT2D eigenvalue weighted by Gasteiger charge is 2.21. The Morgan fingerprint density at radius 2 is 2.19 bits per heavy atom. The molecule has 3 aromatic rings. The van der Waals surface area contributed by atoms with Gasteiger partial charge >= 0.3 is 0 Å². The van der Waals surface area contributed by atoms with Crippen LogP contribution in [-0.4, -0.2) is 19.3 Å². The lowest BCUT2D eigenvalue weighted by atomic mass is 10.2. The van der Waals surface area contributed by atoms with Crippen LogP contribution in [-0.2, 0) is 20.0 Å². The summed E-state index contributed by atoms with van der Waals surface area (Å²) in [6, 6.07) is 2.20. The molecular weight excluding hydrogens is 304 g/mol. The smallest absolute Gasteiger partial charge is 0.159 e. The molecular formula is C15H19ClN4S. The van der Waals surface area contributed by atoms with E-state index in [1.54, 1.807) is 11.3 Å². The van der Waals surface area contributed by atoms with Crippen molar-refractivity contribution in [1.29, 1.82) is 0 Å². The van der Waals surface area contributed by atoms with Gasteiger partial charge in [0.25, 0.3) is 0 Å². The van der Waals surface area contributed by atoms with Gasteiger partial charge in [-0.15, -0.1) is 22.9 Å². The van der Waals surface area contributed by atoms with E-state index in [4.69, 9.17) is 16.6 Å². The zero-order valence-electron chi connectivity index (χ0n) is 12.7. The quantitative estimate of drug-likeness (QED) is 0.679. The molecule has 6 heteroatoms. The van der Waals surface area contributed by atoms with Crippen molar-refractivity contribution in [1.82, 2.24) is 19.3 Å². The Labute approximate surface area is 133 Å². The Morgan fingerprint density at radius 3 is 2.86 bits per heavy atom. The number of alkyl halides is 1. The number of imidazole rings is 1. The van der Waals surface area contributed by atoms with Crippen molar-refractivity contribution in [3.8, 4) is 0 Å². The zero-order chi connectivity index (χ0) is 15.1. The number of thiophene rings is 1. The molecule has 21 heavy (non-hydrogen) atoms. The van der Waals surface area contributed by atoms with Gasteiger partial charge in [0.15, 0.2) is 5.65 Å². The topological polar surface area (TPSA) is 35.6 Å². The lowest BCUT2D eigenvalue weighted by molar-refractivity contribution is 0.688. The van der Waals surface area contributed by atoms with Gasteiger partial charge in [0, 0.05) is 11.9 Å².